The molecule has 24 heavy (non-hydrogen) atoms. The van der Waals surface area contributed by atoms with Gasteiger partial charge in [0.25, 0.3) is 0 Å². The third kappa shape index (κ3) is 3.61. The number of nitrogens with zero attached hydrogens (tertiary/aromatic N) is 2. The SMILES string of the molecule is COc1ccccc1CCC(=O)N1CCC(c2[nH]ncc2C)CC1. The van der Waals surface area contributed by atoms with E-state index in [-0.39, 0.29) is 5.91 Å². The number of aryl methyl sites for hydroxylation is 2. The first-order valence-corrected chi connectivity index (χ1v) is 8.58. The number of aromatic amines is 1. The molecule has 0 atom stereocenters. The molecule has 1 saturated heterocycles. The van der Waals surface area contributed by atoms with E-state index >= 15 is 0 Å². The fourth-order valence-corrected chi connectivity index (χ4v) is 3.50. The number of H-pyrrole nitrogens is 1. The van der Waals surface area contributed by atoms with E-state index in [0.717, 1.165) is 43.7 Å². The van der Waals surface area contributed by atoms with Crippen LogP contribution in [-0.2, 0) is 11.2 Å². The first-order chi connectivity index (χ1) is 11.7. The number of piperidine rings is 1. The van der Waals surface area contributed by atoms with Gasteiger partial charge in [0.15, 0.2) is 0 Å². The molecule has 0 spiro atoms. The summed E-state index contributed by atoms with van der Waals surface area (Å²) >= 11 is 0. The Balaban J connectivity index is 1.51. The van der Waals surface area contributed by atoms with Gasteiger partial charge in [-0.25, -0.2) is 0 Å². The minimum atomic E-state index is 0.237. The van der Waals surface area contributed by atoms with E-state index in [0.29, 0.717) is 12.3 Å². The molecule has 0 aliphatic carbocycles. The Morgan fingerprint density at radius 2 is 2.08 bits per heavy atom. The Bertz CT molecular complexity index is 687. The van der Waals surface area contributed by atoms with Gasteiger partial charge >= 0.3 is 0 Å². The number of amides is 1. The highest BCUT2D eigenvalue weighted by atomic mass is 16.5. The maximum Gasteiger partial charge on any atom is 0.222 e. The van der Waals surface area contributed by atoms with Gasteiger partial charge in [0.1, 0.15) is 5.75 Å². The number of likely N-dealkylation sites (tertiary alicyclic amines) is 1. The van der Waals surface area contributed by atoms with Gasteiger partial charge in [-0.3, -0.25) is 9.89 Å². The standard InChI is InChI=1S/C19H25N3O2/c1-14-13-20-21-19(14)16-9-11-22(12-10-16)18(23)8-7-15-5-3-4-6-17(15)24-2/h3-6,13,16H,7-12H2,1-2H3,(H,20,21). The van der Waals surface area contributed by atoms with Gasteiger partial charge in [-0.2, -0.15) is 5.10 Å². The van der Waals surface area contributed by atoms with E-state index in [4.69, 9.17) is 4.74 Å². The molecule has 5 nitrogen and oxygen atoms in total. The molecule has 1 N–H and O–H groups in total. The zero-order valence-corrected chi connectivity index (χ0v) is 14.4. The summed E-state index contributed by atoms with van der Waals surface area (Å²) < 4.78 is 5.36. The van der Waals surface area contributed by atoms with Gasteiger partial charge in [0.2, 0.25) is 5.91 Å². The van der Waals surface area contributed by atoms with Crippen LogP contribution in [0.5, 0.6) is 5.75 Å². The molecule has 128 valence electrons. The van der Waals surface area contributed by atoms with Crippen molar-refractivity contribution in [3.63, 3.8) is 0 Å². The highest BCUT2D eigenvalue weighted by Gasteiger charge is 2.25. The van der Waals surface area contributed by atoms with E-state index in [1.807, 2.05) is 35.4 Å². The largest absolute Gasteiger partial charge is 0.496 e. The molecule has 1 amide bonds. The molecule has 1 fully saturated rings. The lowest BCUT2D eigenvalue weighted by atomic mass is 9.91. The van der Waals surface area contributed by atoms with Crippen LogP contribution in [0.2, 0.25) is 0 Å². The Labute approximate surface area is 143 Å². The molecule has 3 rings (SSSR count). The van der Waals surface area contributed by atoms with E-state index in [9.17, 15) is 4.79 Å². The number of rotatable bonds is 5. The molecule has 1 aromatic heterocycles. The number of benzene rings is 1. The number of hydrogen-bond donors (Lipinski definition) is 1. The topological polar surface area (TPSA) is 58.2 Å². The molecule has 0 saturated carbocycles. The minimum Gasteiger partial charge on any atom is -0.496 e. The van der Waals surface area contributed by atoms with Crippen molar-refractivity contribution < 1.29 is 9.53 Å². The number of nitrogens with one attached hydrogen (secondary N) is 1. The first-order valence-electron chi connectivity index (χ1n) is 8.58. The second-order valence-corrected chi connectivity index (χ2v) is 6.43. The number of methoxy groups -OCH3 is 1. The minimum absolute atomic E-state index is 0.237. The fraction of sp³-hybridized carbons (Fsp3) is 0.474. The lowest BCUT2D eigenvalue weighted by Gasteiger charge is -2.32. The molecule has 5 heteroatoms. The molecule has 2 heterocycles. The summed E-state index contributed by atoms with van der Waals surface area (Å²) in [4.78, 5) is 14.5. The summed E-state index contributed by atoms with van der Waals surface area (Å²) in [6.07, 6.45) is 5.14. The molecule has 0 unspecified atom stereocenters. The van der Waals surface area contributed by atoms with Crippen molar-refractivity contribution in [2.75, 3.05) is 20.2 Å². The van der Waals surface area contributed by atoms with Crippen LogP contribution in [-0.4, -0.2) is 41.2 Å². The molecular weight excluding hydrogens is 302 g/mol. The van der Waals surface area contributed by atoms with Crippen LogP contribution in [0.25, 0.3) is 0 Å². The highest BCUT2D eigenvalue weighted by Crippen LogP contribution is 2.29. The number of carbonyl (C=O) groups excluding carboxylic acids is 1. The zero-order chi connectivity index (χ0) is 16.9. The zero-order valence-electron chi connectivity index (χ0n) is 14.4. The van der Waals surface area contributed by atoms with Gasteiger partial charge in [0, 0.05) is 31.1 Å². The van der Waals surface area contributed by atoms with Crippen LogP contribution in [0.4, 0.5) is 0 Å². The number of ether oxygens (including phenoxy) is 1. The molecule has 2 aromatic rings. The van der Waals surface area contributed by atoms with E-state index < -0.39 is 0 Å². The number of aromatic nitrogens is 2. The van der Waals surface area contributed by atoms with Gasteiger partial charge in [-0.05, 0) is 43.4 Å². The van der Waals surface area contributed by atoms with Crippen molar-refractivity contribution in [2.45, 2.75) is 38.5 Å². The average Bonchev–Trinajstić information content (AvgIpc) is 3.06. The summed E-state index contributed by atoms with van der Waals surface area (Å²) in [6, 6.07) is 7.91. The summed E-state index contributed by atoms with van der Waals surface area (Å²) in [5.41, 5.74) is 3.54. The van der Waals surface area contributed by atoms with Crippen molar-refractivity contribution in [1.82, 2.24) is 15.1 Å². The molecular formula is C19H25N3O2. The quantitative estimate of drug-likeness (QED) is 0.918. The van der Waals surface area contributed by atoms with Crippen LogP contribution in [0.1, 0.15) is 42.0 Å². The molecule has 1 aromatic carbocycles. The fourth-order valence-electron chi connectivity index (χ4n) is 3.50. The number of carbonyl (C=O) groups is 1. The summed E-state index contributed by atoms with van der Waals surface area (Å²) in [7, 11) is 1.67. The smallest absolute Gasteiger partial charge is 0.222 e. The van der Waals surface area contributed by atoms with Crippen LogP contribution >= 0.6 is 0 Å². The maximum atomic E-state index is 12.5. The van der Waals surface area contributed by atoms with Crippen LogP contribution in [0, 0.1) is 6.92 Å². The average molecular weight is 327 g/mol. The lowest BCUT2D eigenvalue weighted by Crippen LogP contribution is -2.38. The van der Waals surface area contributed by atoms with Crippen LogP contribution in [0.3, 0.4) is 0 Å². The van der Waals surface area contributed by atoms with Crippen LogP contribution < -0.4 is 4.74 Å². The Morgan fingerprint density at radius 3 is 2.75 bits per heavy atom. The van der Waals surface area contributed by atoms with E-state index in [1.165, 1.54) is 11.3 Å². The third-order valence-electron chi connectivity index (χ3n) is 4.92. The Kier molecular flexibility index (Phi) is 5.18. The maximum absolute atomic E-state index is 12.5. The van der Waals surface area contributed by atoms with Gasteiger partial charge in [0.05, 0.1) is 13.3 Å². The van der Waals surface area contributed by atoms with Gasteiger partial charge in [-0.1, -0.05) is 18.2 Å². The highest BCUT2D eigenvalue weighted by molar-refractivity contribution is 5.76. The number of hydrogen-bond acceptors (Lipinski definition) is 3. The molecule has 1 aliphatic heterocycles. The van der Waals surface area contributed by atoms with Crippen molar-refractivity contribution in [3.05, 3.63) is 47.3 Å². The van der Waals surface area contributed by atoms with Crippen molar-refractivity contribution in [3.8, 4) is 5.75 Å². The molecule has 0 radical (unpaired) electrons. The molecule has 0 bridgehead atoms. The monoisotopic (exact) mass is 327 g/mol. The van der Waals surface area contributed by atoms with Gasteiger partial charge in [-0.15, -0.1) is 0 Å². The Hall–Kier alpha value is -2.30. The second kappa shape index (κ2) is 7.51. The van der Waals surface area contributed by atoms with Gasteiger partial charge < -0.3 is 9.64 Å². The van der Waals surface area contributed by atoms with Crippen LogP contribution in [0.15, 0.2) is 30.5 Å². The second-order valence-electron chi connectivity index (χ2n) is 6.43. The van der Waals surface area contributed by atoms with E-state index in [2.05, 4.69) is 17.1 Å². The van der Waals surface area contributed by atoms with Crippen molar-refractivity contribution in [1.29, 1.82) is 0 Å². The summed E-state index contributed by atoms with van der Waals surface area (Å²) in [5.74, 6) is 1.59. The van der Waals surface area contributed by atoms with Crippen molar-refractivity contribution in [2.24, 2.45) is 0 Å². The summed E-state index contributed by atoms with van der Waals surface area (Å²) in [5, 5.41) is 7.22. The van der Waals surface area contributed by atoms with E-state index in [1.54, 1.807) is 7.11 Å². The Morgan fingerprint density at radius 1 is 1.33 bits per heavy atom. The van der Waals surface area contributed by atoms with Crippen molar-refractivity contribution >= 4 is 5.91 Å². The normalized spacial score (nSPS) is 15.5. The molecule has 1 aliphatic rings. The number of para-hydroxylation sites is 1. The summed E-state index contributed by atoms with van der Waals surface area (Å²) in [6.45, 7) is 3.74. The predicted octanol–water partition coefficient (Wildman–Crippen LogP) is 3.07. The lowest BCUT2D eigenvalue weighted by molar-refractivity contribution is -0.132. The predicted molar refractivity (Wildman–Crippen MR) is 93.2 cm³/mol. The first kappa shape index (κ1) is 16.6. The third-order valence-corrected chi connectivity index (χ3v) is 4.92.